The smallest absolute Gasteiger partial charge is 0.345 e. The van der Waals surface area contributed by atoms with Crippen LogP contribution in [-0.4, -0.2) is 70.1 Å². The second-order valence-electron chi connectivity index (χ2n) is 7.84. The van der Waals surface area contributed by atoms with Gasteiger partial charge in [0.25, 0.3) is 5.56 Å². The highest BCUT2D eigenvalue weighted by Crippen LogP contribution is 2.27. The van der Waals surface area contributed by atoms with Crippen molar-refractivity contribution in [2.75, 3.05) is 39.5 Å². The van der Waals surface area contributed by atoms with Crippen LogP contribution in [0.1, 0.15) is 21.5 Å². The molecule has 1 saturated heterocycles. The van der Waals surface area contributed by atoms with Crippen molar-refractivity contribution in [2.24, 2.45) is 7.05 Å². The second-order valence-corrected chi connectivity index (χ2v) is 7.84. The number of ether oxygens (including phenoxy) is 2. The summed E-state index contributed by atoms with van der Waals surface area (Å²) in [6, 6.07) is 5.97. The predicted octanol–water partition coefficient (Wildman–Crippen LogP) is 1.78. The van der Waals surface area contributed by atoms with E-state index in [1.807, 2.05) is 0 Å². The zero-order chi connectivity index (χ0) is 23.5. The monoisotopic (exact) mass is 457 g/mol. The molecule has 1 fully saturated rings. The Morgan fingerprint density at radius 3 is 2.76 bits per heavy atom. The van der Waals surface area contributed by atoms with Crippen molar-refractivity contribution in [1.29, 1.82) is 0 Å². The van der Waals surface area contributed by atoms with Gasteiger partial charge >= 0.3 is 5.97 Å². The molecule has 3 aromatic rings. The number of carbonyl (C=O) groups is 1. The summed E-state index contributed by atoms with van der Waals surface area (Å²) in [6.07, 6.45) is 1.82. The largest absolute Gasteiger partial charge is 0.505 e. The van der Waals surface area contributed by atoms with Crippen molar-refractivity contribution in [1.82, 2.24) is 14.5 Å². The highest BCUT2D eigenvalue weighted by molar-refractivity contribution is 5.97. The SMILES string of the molecule is Cn1c(=O)c(C(=O)O)c(O)c2ncc(Cc3ccc(F)cc3OCCN3CCOCC3)cc21. The highest BCUT2D eigenvalue weighted by Gasteiger charge is 2.21. The molecular formula is C23H24FN3O6. The van der Waals surface area contributed by atoms with Crippen LogP contribution in [0.25, 0.3) is 11.0 Å². The molecule has 4 rings (SSSR count). The number of aromatic hydroxyl groups is 1. The number of nitrogens with zero attached hydrogens (tertiary/aromatic N) is 3. The van der Waals surface area contributed by atoms with E-state index < -0.39 is 28.7 Å². The Bertz CT molecular complexity index is 1250. The van der Waals surface area contributed by atoms with E-state index in [9.17, 15) is 24.2 Å². The molecule has 0 bridgehead atoms. The minimum Gasteiger partial charge on any atom is -0.505 e. The van der Waals surface area contributed by atoms with E-state index in [-0.39, 0.29) is 11.0 Å². The summed E-state index contributed by atoms with van der Waals surface area (Å²) < 4.78 is 26.2. The molecule has 33 heavy (non-hydrogen) atoms. The van der Waals surface area contributed by atoms with Crippen molar-refractivity contribution in [3.8, 4) is 11.5 Å². The van der Waals surface area contributed by atoms with Gasteiger partial charge in [0, 0.05) is 45.4 Å². The molecule has 0 atom stereocenters. The van der Waals surface area contributed by atoms with Gasteiger partial charge in [-0.2, -0.15) is 0 Å². The number of aryl methyl sites for hydroxylation is 1. The van der Waals surface area contributed by atoms with Crippen molar-refractivity contribution in [2.45, 2.75) is 6.42 Å². The van der Waals surface area contributed by atoms with Crippen molar-refractivity contribution < 1.29 is 28.9 Å². The molecule has 0 saturated carbocycles. The lowest BCUT2D eigenvalue weighted by Crippen LogP contribution is -2.38. The number of hydrogen-bond donors (Lipinski definition) is 2. The molecular weight excluding hydrogens is 433 g/mol. The first kappa shape index (κ1) is 22.7. The first-order valence-corrected chi connectivity index (χ1v) is 10.5. The van der Waals surface area contributed by atoms with Crippen LogP contribution in [0, 0.1) is 5.82 Å². The normalized spacial score (nSPS) is 14.5. The Kier molecular flexibility index (Phi) is 6.57. The van der Waals surface area contributed by atoms with E-state index in [2.05, 4.69) is 9.88 Å². The van der Waals surface area contributed by atoms with E-state index >= 15 is 0 Å². The third kappa shape index (κ3) is 4.81. The number of halogens is 1. The van der Waals surface area contributed by atoms with Crippen molar-refractivity contribution in [3.05, 3.63) is 63.3 Å². The lowest BCUT2D eigenvalue weighted by atomic mass is 10.0. The molecule has 1 aromatic carbocycles. The number of benzene rings is 1. The maximum absolute atomic E-state index is 13.9. The highest BCUT2D eigenvalue weighted by atomic mass is 19.1. The number of aromatic nitrogens is 2. The standard InChI is InChI=1S/C23H24FN3O6/c1-26-17-11-14(13-25-20(17)21(28)19(22(26)29)23(30)31)10-15-2-3-16(24)12-18(15)33-9-6-27-4-7-32-8-5-27/h2-3,11-13,28H,4-10H2,1H3,(H,30,31). The molecule has 2 aromatic heterocycles. The Morgan fingerprint density at radius 1 is 1.27 bits per heavy atom. The summed E-state index contributed by atoms with van der Waals surface area (Å²) >= 11 is 0. The average molecular weight is 457 g/mol. The predicted molar refractivity (Wildman–Crippen MR) is 118 cm³/mol. The van der Waals surface area contributed by atoms with Gasteiger partial charge < -0.3 is 24.3 Å². The van der Waals surface area contributed by atoms with Gasteiger partial charge in [-0.05, 0) is 23.3 Å². The third-order valence-electron chi connectivity index (χ3n) is 5.67. The molecule has 0 spiro atoms. The summed E-state index contributed by atoms with van der Waals surface area (Å²) in [5.41, 5.74) is 0.164. The fourth-order valence-corrected chi connectivity index (χ4v) is 3.86. The topological polar surface area (TPSA) is 114 Å². The lowest BCUT2D eigenvalue weighted by Gasteiger charge is -2.26. The van der Waals surface area contributed by atoms with E-state index in [0.717, 1.165) is 23.2 Å². The minimum absolute atomic E-state index is 0.0133. The molecule has 0 unspecified atom stereocenters. The Balaban J connectivity index is 1.59. The van der Waals surface area contributed by atoms with Crippen LogP contribution < -0.4 is 10.3 Å². The van der Waals surface area contributed by atoms with Crippen LogP contribution in [0.15, 0.2) is 35.3 Å². The molecule has 0 amide bonds. The van der Waals surface area contributed by atoms with Crippen LogP contribution in [0.4, 0.5) is 4.39 Å². The maximum Gasteiger partial charge on any atom is 0.345 e. The average Bonchev–Trinajstić information content (AvgIpc) is 2.80. The number of hydrogen-bond acceptors (Lipinski definition) is 7. The fraction of sp³-hybridized carbons (Fsp3) is 0.348. The molecule has 1 aliphatic heterocycles. The Labute approximate surface area is 188 Å². The first-order chi connectivity index (χ1) is 15.8. The quantitative estimate of drug-likeness (QED) is 0.552. The number of pyridine rings is 2. The minimum atomic E-state index is -1.52. The number of carboxylic acid groups (broad SMARTS) is 1. The summed E-state index contributed by atoms with van der Waals surface area (Å²) in [4.78, 5) is 30.1. The molecule has 9 nitrogen and oxygen atoms in total. The summed E-state index contributed by atoms with van der Waals surface area (Å²) in [5, 5.41) is 19.5. The van der Waals surface area contributed by atoms with E-state index in [0.29, 0.717) is 44.1 Å². The van der Waals surface area contributed by atoms with Gasteiger partial charge in [0.05, 0.1) is 18.7 Å². The van der Waals surface area contributed by atoms with Crippen LogP contribution in [-0.2, 0) is 18.2 Å². The molecule has 1 aliphatic rings. The van der Waals surface area contributed by atoms with Gasteiger partial charge in [-0.3, -0.25) is 14.7 Å². The number of aromatic carboxylic acids is 1. The molecule has 174 valence electrons. The fourth-order valence-electron chi connectivity index (χ4n) is 3.86. The van der Waals surface area contributed by atoms with Crippen LogP contribution in [0.2, 0.25) is 0 Å². The van der Waals surface area contributed by atoms with E-state index in [1.54, 1.807) is 12.1 Å². The zero-order valence-corrected chi connectivity index (χ0v) is 18.1. The van der Waals surface area contributed by atoms with E-state index in [1.165, 1.54) is 25.4 Å². The number of fused-ring (bicyclic) bond motifs is 1. The lowest BCUT2D eigenvalue weighted by molar-refractivity contribution is 0.0322. The van der Waals surface area contributed by atoms with Crippen LogP contribution in [0.3, 0.4) is 0 Å². The molecule has 3 heterocycles. The van der Waals surface area contributed by atoms with Gasteiger partial charge in [0.1, 0.15) is 23.7 Å². The molecule has 2 N–H and O–H groups in total. The number of rotatable bonds is 7. The van der Waals surface area contributed by atoms with E-state index in [4.69, 9.17) is 9.47 Å². The van der Waals surface area contributed by atoms with Gasteiger partial charge in [-0.15, -0.1) is 0 Å². The first-order valence-electron chi connectivity index (χ1n) is 10.5. The molecule has 0 radical (unpaired) electrons. The van der Waals surface area contributed by atoms with Gasteiger partial charge in [0.15, 0.2) is 11.3 Å². The molecule has 0 aliphatic carbocycles. The summed E-state index contributed by atoms with van der Waals surface area (Å²) in [6.45, 7) is 4.13. The Hall–Kier alpha value is -3.50. The van der Waals surface area contributed by atoms with Crippen LogP contribution in [0.5, 0.6) is 11.5 Å². The number of carboxylic acids is 1. The van der Waals surface area contributed by atoms with Crippen molar-refractivity contribution in [3.63, 3.8) is 0 Å². The van der Waals surface area contributed by atoms with Gasteiger partial charge in [0.2, 0.25) is 0 Å². The van der Waals surface area contributed by atoms with Crippen LogP contribution >= 0.6 is 0 Å². The van der Waals surface area contributed by atoms with Crippen molar-refractivity contribution >= 4 is 17.0 Å². The second kappa shape index (κ2) is 9.55. The summed E-state index contributed by atoms with van der Waals surface area (Å²) in [5.74, 6) is -2.18. The van der Waals surface area contributed by atoms with Gasteiger partial charge in [-0.1, -0.05) is 6.07 Å². The zero-order valence-electron chi connectivity index (χ0n) is 18.1. The number of morpholine rings is 1. The third-order valence-corrected chi connectivity index (χ3v) is 5.67. The maximum atomic E-state index is 13.9. The van der Waals surface area contributed by atoms with Gasteiger partial charge in [-0.25, -0.2) is 9.18 Å². The molecule has 10 heteroatoms. The Morgan fingerprint density at radius 2 is 2.03 bits per heavy atom. The summed E-state index contributed by atoms with van der Waals surface area (Å²) in [7, 11) is 1.42.